The number of halogens is 1. The molecule has 0 saturated carbocycles. The SMILES string of the molecule is CC(=O)Nc1ccc(F)c(C(=O)N2C[C@H]3CNC[C@H]3C2)c1. The molecule has 0 unspecified atom stereocenters. The molecule has 2 amide bonds. The van der Waals surface area contributed by atoms with Gasteiger partial charge in [-0.15, -0.1) is 0 Å². The summed E-state index contributed by atoms with van der Waals surface area (Å²) < 4.78 is 13.9. The Morgan fingerprint density at radius 1 is 1.29 bits per heavy atom. The van der Waals surface area contributed by atoms with Crippen LogP contribution in [0.25, 0.3) is 0 Å². The highest BCUT2D eigenvalue weighted by molar-refractivity contribution is 5.97. The summed E-state index contributed by atoms with van der Waals surface area (Å²) in [5, 5.41) is 5.88. The third-order valence-electron chi connectivity index (χ3n) is 4.19. The van der Waals surface area contributed by atoms with Gasteiger partial charge in [-0.2, -0.15) is 0 Å². The summed E-state index contributed by atoms with van der Waals surface area (Å²) in [6.45, 7) is 4.55. The van der Waals surface area contributed by atoms with E-state index in [1.165, 1.54) is 25.1 Å². The third kappa shape index (κ3) is 2.76. The molecule has 3 rings (SSSR count). The number of rotatable bonds is 2. The molecule has 2 N–H and O–H groups in total. The highest BCUT2D eigenvalue weighted by Crippen LogP contribution is 2.28. The Morgan fingerprint density at radius 3 is 2.57 bits per heavy atom. The van der Waals surface area contributed by atoms with Crippen molar-refractivity contribution in [3.8, 4) is 0 Å². The smallest absolute Gasteiger partial charge is 0.256 e. The molecule has 0 radical (unpaired) electrons. The van der Waals surface area contributed by atoms with E-state index in [9.17, 15) is 14.0 Å². The standard InChI is InChI=1S/C15H18FN3O2/c1-9(20)18-12-2-3-14(16)13(4-12)15(21)19-7-10-5-17-6-11(10)8-19/h2-4,10-11,17H,5-8H2,1H3,(H,18,20)/t10-,11+. The lowest BCUT2D eigenvalue weighted by Gasteiger charge is -2.18. The molecule has 2 aliphatic heterocycles. The number of hydrogen-bond acceptors (Lipinski definition) is 3. The predicted molar refractivity (Wildman–Crippen MR) is 76.5 cm³/mol. The molecule has 21 heavy (non-hydrogen) atoms. The number of nitrogens with zero attached hydrogens (tertiary/aromatic N) is 1. The molecule has 2 aliphatic rings. The van der Waals surface area contributed by atoms with Crippen LogP contribution in [0, 0.1) is 17.7 Å². The number of benzene rings is 1. The van der Waals surface area contributed by atoms with Gasteiger partial charge in [0.15, 0.2) is 0 Å². The molecule has 1 aromatic rings. The topological polar surface area (TPSA) is 61.4 Å². The van der Waals surface area contributed by atoms with Crippen LogP contribution in [0.15, 0.2) is 18.2 Å². The van der Waals surface area contributed by atoms with E-state index >= 15 is 0 Å². The van der Waals surface area contributed by atoms with E-state index in [1.54, 1.807) is 4.90 Å². The van der Waals surface area contributed by atoms with Crippen LogP contribution in [0.5, 0.6) is 0 Å². The number of anilines is 1. The van der Waals surface area contributed by atoms with Crippen molar-refractivity contribution in [1.82, 2.24) is 10.2 Å². The average Bonchev–Trinajstić information content (AvgIpc) is 3.00. The van der Waals surface area contributed by atoms with Gasteiger partial charge >= 0.3 is 0 Å². The lowest BCUT2D eigenvalue weighted by atomic mass is 10.0. The van der Waals surface area contributed by atoms with Gasteiger partial charge in [-0.05, 0) is 30.0 Å². The van der Waals surface area contributed by atoms with Gasteiger partial charge in [0, 0.05) is 38.8 Å². The van der Waals surface area contributed by atoms with Gasteiger partial charge in [-0.3, -0.25) is 9.59 Å². The molecule has 1 aromatic carbocycles. The summed E-state index contributed by atoms with van der Waals surface area (Å²) >= 11 is 0. The highest BCUT2D eigenvalue weighted by atomic mass is 19.1. The number of fused-ring (bicyclic) bond motifs is 1. The molecule has 0 aliphatic carbocycles. The van der Waals surface area contributed by atoms with Crippen LogP contribution in [0.4, 0.5) is 10.1 Å². The van der Waals surface area contributed by atoms with Gasteiger partial charge in [0.1, 0.15) is 5.82 Å². The highest BCUT2D eigenvalue weighted by Gasteiger charge is 2.38. The van der Waals surface area contributed by atoms with Crippen molar-refractivity contribution in [2.24, 2.45) is 11.8 Å². The Morgan fingerprint density at radius 2 is 1.95 bits per heavy atom. The first-order chi connectivity index (χ1) is 10.0. The number of amides is 2. The van der Waals surface area contributed by atoms with Crippen molar-refractivity contribution >= 4 is 17.5 Å². The first-order valence-corrected chi connectivity index (χ1v) is 7.11. The van der Waals surface area contributed by atoms with Crippen LogP contribution in [-0.2, 0) is 4.79 Å². The molecule has 6 heteroatoms. The van der Waals surface area contributed by atoms with Crippen molar-refractivity contribution in [2.75, 3.05) is 31.5 Å². The maximum absolute atomic E-state index is 13.9. The molecular weight excluding hydrogens is 273 g/mol. The Balaban J connectivity index is 1.79. The Labute approximate surface area is 122 Å². The predicted octanol–water partition coefficient (Wildman–Crippen LogP) is 1.08. The number of carbonyl (C=O) groups is 2. The molecule has 0 spiro atoms. The maximum Gasteiger partial charge on any atom is 0.256 e. The summed E-state index contributed by atoms with van der Waals surface area (Å²) in [5.74, 6) is -0.161. The molecule has 2 heterocycles. The van der Waals surface area contributed by atoms with E-state index in [-0.39, 0.29) is 17.4 Å². The van der Waals surface area contributed by atoms with Gasteiger partial charge in [-0.25, -0.2) is 4.39 Å². The van der Waals surface area contributed by atoms with Gasteiger partial charge in [-0.1, -0.05) is 0 Å². The van der Waals surface area contributed by atoms with Crippen molar-refractivity contribution in [3.05, 3.63) is 29.6 Å². The van der Waals surface area contributed by atoms with E-state index in [0.29, 0.717) is 30.6 Å². The van der Waals surface area contributed by atoms with Gasteiger partial charge < -0.3 is 15.5 Å². The second kappa shape index (κ2) is 5.44. The van der Waals surface area contributed by atoms with Crippen molar-refractivity contribution in [1.29, 1.82) is 0 Å². The Hall–Kier alpha value is -1.95. The van der Waals surface area contributed by atoms with Crippen molar-refractivity contribution in [2.45, 2.75) is 6.92 Å². The minimum Gasteiger partial charge on any atom is -0.338 e. The second-order valence-electron chi connectivity index (χ2n) is 5.76. The normalized spacial score (nSPS) is 24.0. The van der Waals surface area contributed by atoms with E-state index < -0.39 is 5.82 Å². The van der Waals surface area contributed by atoms with Crippen LogP contribution in [0.3, 0.4) is 0 Å². The zero-order valence-electron chi connectivity index (χ0n) is 11.9. The van der Waals surface area contributed by atoms with E-state index in [1.807, 2.05) is 0 Å². The molecule has 0 bridgehead atoms. The maximum atomic E-state index is 13.9. The van der Waals surface area contributed by atoms with E-state index in [2.05, 4.69) is 10.6 Å². The second-order valence-corrected chi connectivity index (χ2v) is 5.76. The molecule has 112 valence electrons. The fourth-order valence-electron chi connectivity index (χ4n) is 3.16. The van der Waals surface area contributed by atoms with Gasteiger partial charge in [0.2, 0.25) is 5.91 Å². The summed E-state index contributed by atoms with van der Waals surface area (Å²) in [6, 6.07) is 4.08. The minimum absolute atomic E-state index is 0.0224. The first-order valence-electron chi connectivity index (χ1n) is 7.11. The number of carbonyl (C=O) groups excluding carboxylic acids is 2. The fraction of sp³-hybridized carbons (Fsp3) is 0.467. The number of hydrogen-bond donors (Lipinski definition) is 2. The van der Waals surface area contributed by atoms with Crippen molar-refractivity contribution < 1.29 is 14.0 Å². The molecule has 2 fully saturated rings. The van der Waals surface area contributed by atoms with Gasteiger partial charge in [0.05, 0.1) is 5.56 Å². The monoisotopic (exact) mass is 291 g/mol. The summed E-state index contributed by atoms with van der Waals surface area (Å²) in [7, 11) is 0. The van der Waals surface area contributed by atoms with Crippen LogP contribution < -0.4 is 10.6 Å². The minimum atomic E-state index is -0.552. The zero-order valence-corrected chi connectivity index (χ0v) is 11.9. The molecule has 5 nitrogen and oxygen atoms in total. The Bertz CT molecular complexity index is 578. The lowest BCUT2D eigenvalue weighted by molar-refractivity contribution is -0.114. The Kier molecular flexibility index (Phi) is 3.63. The fourth-order valence-corrected chi connectivity index (χ4v) is 3.16. The molecule has 2 saturated heterocycles. The van der Waals surface area contributed by atoms with E-state index in [4.69, 9.17) is 0 Å². The largest absolute Gasteiger partial charge is 0.338 e. The number of likely N-dealkylation sites (tertiary alicyclic amines) is 1. The summed E-state index contributed by atoms with van der Waals surface area (Å²) in [6.07, 6.45) is 0. The molecular formula is C15H18FN3O2. The molecule has 0 aromatic heterocycles. The number of nitrogens with one attached hydrogen (secondary N) is 2. The zero-order chi connectivity index (χ0) is 15.0. The van der Waals surface area contributed by atoms with Crippen molar-refractivity contribution in [3.63, 3.8) is 0 Å². The van der Waals surface area contributed by atoms with Crippen LogP contribution in [0.1, 0.15) is 17.3 Å². The quantitative estimate of drug-likeness (QED) is 0.857. The van der Waals surface area contributed by atoms with Crippen LogP contribution in [-0.4, -0.2) is 42.9 Å². The summed E-state index contributed by atoms with van der Waals surface area (Å²) in [4.78, 5) is 25.3. The third-order valence-corrected chi connectivity index (χ3v) is 4.19. The van der Waals surface area contributed by atoms with Crippen LogP contribution in [0.2, 0.25) is 0 Å². The molecule has 2 atom stereocenters. The lowest BCUT2D eigenvalue weighted by Crippen LogP contribution is -2.32. The average molecular weight is 291 g/mol. The van der Waals surface area contributed by atoms with E-state index in [0.717, 1.165) is 13.1 Å². The first kappa shape index (κ1) is 14.0. The van der Waals surface area contributed by atoms with Crippen LogP contribution >= 0.6 is 0 Å². The summed E-state index contributed by atoms with van der Waals surface area (Å²) in [5.41, 5.74) is 0.461. The van der Waals surface area contributed by atoms with Gasteiger partial charge in [0.25, 0.3) is 5.91 Å².